The predicted molar refractivity (Wildman–Crippen MR) is 103 cm³/mol. The second kappa shape index (κ2) is 6.41. The van der Waals surface area contributed by atoms with Gasteiger partial charge in [-0.15, -0.1) is 11.3 Å². The summed E-state index contributed by atoms with van der Waals surface area (Å²) in [7, 11) is 0. The van der Waals surface area contributed by atoms with Crippen LogP contribution in [0.4, 0.5) is 0 Å². The molecule has 0 radical (unpaired) electrons. The Morgan fingerprint density at radius 1 is 1.44 bits per heavy atom. The van der Waals surface area contributed by atoms with Crippen molar-refractivity contribution in [3.8, 4) is 11.3 Å². The van der Waals surface area contributed by atoms with E-state index < -0.39 is 0 Å². The van der Waals surface area contributed by atoms with E-state index >= 15 is 0 Å². The van der Waals surface area contributed by atoms with E-state index in [0.717, 1.165) is 33.0 Å². The molecular weight excluding hydrogens is 354 g/mol. The summed E-state index contributed by atoms with van der Waals surface area (Å²) in [6, 6.07) is 8.07. The number of hydrogen-bond donors (Lipinski definition) is 1. The Labute approximate surface area is 155 Å². The first-order chi connectivity index (χ1) is 12.1. The van der Waals surface area contributed by atoms with Crippen LogP contribution in [0.15, 0.2) is 30.5 Å². The summed E-state index contributed by atoms with van der Waals surface area (Å²) >= 11 is 8.31. The summed E-state index contributed by atoms with van der Waals surface area (Å²) in [5.74, 6) is -0.00432. The van der Waals surface area contributed by atoms with Crippen molar-refractivity contribution in [2.45, 2.75) is 19.9 Å². The molecule has 1 amide bonds. The molecule has 4 nitrogen and oxygen atoms in total. The number of nitrogens with zero attached hydrogens (tertiary/aromatic N) is 2. The van der Waals surface area contributed by atoms with Crippen LogP contribution >= 0.6 is 22.9 Å². The molecule has 3 heterocycles. The highest BCUT2D eigenvalue weighted by Crippen LogP contribution is 2.44. The van der Waals surface area contributed by atoms with Crippen molar-refractivity contribution in [1.29, 1.82) is 0 Å². The SMILES string of the molecule is Cc1cc(-c2ccccn2)c2c3c(sc2c1Cl)CN(C(=O)CN)CC3. The molecule has 1 aromatic carbocycles. The number of fused-ring (bicyclic) bond motifs is 3. The molecule has 0 saturated heterocycles. The molecule has 4 rings (SSSR count). The monoisotopic (exact) mass is 371 g/mol. The number of hydrogen-bond acceptors (Lipinski definition) is 4. The molecule has 3 aromatic rings. The maximum atomic E-state index is 12.0. The summed E-state index contributed by atoms with van der Waals surface area (Å²) in [5.41, 5.74) is 9.94. The number of amides is 1. The van der Waals surface area contributed by atoms with Crippen molar-refractivity contribution in [1.82, 2.24) is 9.88 Å². The quantitative estimate of drug-likeness (QED) is 0.746. The third kappa shape index (κ3) is 2.72. The van der Waals surface area contributed by atoms with Gasteiger partial charge in [0.1, 0.15) is 0 Å². The standard InChI is InChI=1S/C19H18ClN3OS/c1-11-8-13(14-4-2-3-6-22-14)17-12-5-7-23(16(24)9-21)10-15(12)25-19(17)18(11)20/h2-4,6,8H,5,7,9-10,21H2,1H3. The zero-order valence-corrected chi connectivity index (χ0v) is 15.5. The van der Waals surface area contributed by atoms with Gasteiger partial charge in [-0.1, -0.05) is 17.7 Å². The highest BCUT2D eigenvalue weighted by atomic mass is 35.5. The van der Waals surface area contributed by atoms with E-state index in [-0.39, 0.29) is 12.5 Å². The zero-order valence-electron chi connectivity index (χ0n) is 13.9. The van der Waals surface area contributed by atoms with Crippen molar-refractivity contribution in [2.75, 3.05) is 13.1 Å². The van der Waals surface area contributed by atoms with Crippen LogP contribution in [0, 0.1) is 6.92 Å². The van der Waals surface area contributed by atoms with Crippen LogP contribution in [0.1, 0.15) is 16.0 Å². The third-order valence-electron chi connectivity index (χ3n) is 4.70. The van der Waals surface area contributed by atoms with Gasteiger partial charge in [-0.05, 0) is 42.7 Å². The van der Waals surface area contributed by atoms with Crippen molar-refractivity contribution < 1.29 is 4.79 Å². The van der Waals surface area contributed by atoms with Gasteiger partial charge in [-0.25, -0.2) is 0 Å². The van der Waals surface area contributed by atoms with Crippen LogP contribution in [-0.2, 0) is 17.8 Å². The lowest BCUT2D eigenvalue weighted by molar-refractivity contribution is -0.130. The Bertz CT molecular complexity index is 968. The van der Waals surface area contributed by atoms with E-state index in [1.54, 1.807) is 11.3 Å². The molecule has 0 atom stereocenters. The molecule has 0 bridgehead atoms. The topological polar surface area (TPSA) is 59.2 Å². The molecule has 25 heavy (non-hydrogen) atoms. The van der Waals surface area contributed by atoms with Crippen molar-refractivity contribution >= 4 is 38.9 Å². The van der Waals surface area contributed by atoms with Crippen molar-refractivity contribution in [2.24, 2.45) is 5.73 Å². The minimum atomic E-state index is -0.00432. The largest absolute Gasteiger partial charge is 0.336 e. The van der Waals surface area contributed by atoms with E-state index in [1.165, 1.54) is 15.8 Å². The van der Waals surface area contributed by atoms with Crippen LogP contribution < -0.4 is 5.73 Å². The number of aromatic nitrogens is 1. The van der Waals surface area contributed by atoms with Crippen LogP contribution in [0.5, 0.6) is 0 Å². The average molecular weight is 372 g/mol. The predicted octanol–water partition coefficient (Wildman–Crippen LogP) is 3.77. The minimum absolute atomic E-state index is 0.00432. The Morgan fingerprint density at radius 3 is 3.00 bits per heavy atom. The smallest absolute Gasteiger partial charge is 0.236 e. The van der Waals surface area contributed by atoms with Gasteiger partial charge >= 0.3 is 0 Å². The Morgan fingerprint density at radius 2 is 2.28 bits per heavy atom. The summed E-state index contributed by atoms with van der Waals surface area (Å²) in [6.45, 7) is 3.39. The number of benzene rings is 1. The van der Waals surface area contributed by atoms with E-state index in [4.69, 9.17) is 17.3 Å². The van der Waals surface area contributed by atoms with Gasteiger partial charge in [0.05, 0.1) is 28.5 Å². The molecule has 0 saturated carbocycles. The highest BCUT2D eigenvalue weighted by molar-refractivity contribution is 7.20. The van der Waals surface area contributed by atoms with E-state index in [2.05, 4.69) is 11.1 Å². The lowest BCUT2D eigenvalue weighted by Crippen LogP contribution is -2.39. The minimum Gasteiger partial charge on any atom is -0.336 e. The molecular formula is C19H18ClN3OS. The van der Waals surface area contributed by atoms with Crippen LogP contribution in [0.2, 0.25) is 5.02 Å². The van der Waals surface area contributed by atoms with Crippen LogP contribution in [-0.4, -0.2) is 28.9 Å². The number of pyridine rings is 1. The normalized spacial score (nSPS) is 14.0. The molecule has 0 fully saturated rings. The third-order valence-corrected chi connectivity index (χ3v) is 6.53. The number of carbonyl (C=O) groups is 1. The molecule has 0 unspecified atom stereocenters. The van der Waals surface area contributed by atoms with Gasteiger partial charge < -0.3 is 10.6 Å². The number of rotatable bonds is 2. The second-order valence-electron chi connectivity index (χ2n) is 6.25. The Kier molecular flexibility index (Phi) is 4.23. The first kappa shape index (κ1) is 16.5. The Hall–Kier alpha value is -1.95. The number of aryl methyl sites for hydroxylation is 1. The first-order valence-electron chi connectivity index (χ1n) is 8.22. The highest BCUT2D eigenvalue weighted by Gasteiger charge is 2.26. The van der Waals surface area contributed by atoms with Gasteiger partial charge in [0, 0.05) is 28.6 Å². The number of nitrogens with two attached hydrogens (primary N) is 1. The fourth-order valence-corrected chi connectivity index (χ4v) is 5.08. The van der Waals surface area contributed by atoms with Gasteiger partial charge in [-0.2, -0.15) is 0 Å². The number of thiophene rings is 1. The zero-order chi connectivity index (χ0) is 17.6. The Balaban J connectivity index is 1.93. The van der Waals surface area contributed by atoms with Gasteiger partial charge in [0.15, 0.2) is 0 Å². The molecule has 6 heteroatoms. The maximum absolute atomic E-state index is 12.0. The van der Waals surface area contributed by atoms with Gasteiger partial charge in [0.2, 0.25) is 5.91 Å². The average Bonchev–Trinajstić information content (AvgIpc) is 3.03. The summed E-state index contributed by atoms with van der Waals surface area (Å²) in [4.78, 5) is 19.5. The van der Waals surface area contributed by atoms with Crippen LogP contribution in [0.3, 0.4) is 0 Å². The number of halogens is 1. The summed E-state index contributed by atoms with van der Waals surface area (Å²) in [6.07, 6.45) is 2.63. The summed E-state index contributed by atoms with van der Waals surface area (Å²) < 4.78 is 1.09. The van der Waals surface area contributed by atoms with E-state index in [0.29, 0.717) is 13.1 Å². The molecule has 128 valence electrons. The van der Waals surface area contributed by atoms with E-state index in [9.17, 15) is 4.79 Å². The maximum Gasteiger partial charge on any atom is 0.236 e. The van der Waals surface area contributed by atoms with Crippen LogP contribution in [0.25, 0.3) is 21.3 Å². The molecule has 0 aliphatic carbocycles. The fraction of sp³-hybridized carbons (Fsp3) is 0.263. The van der Waals surface area contributed by atoms with E-state index in [1.807, 2.05) is 36.2 Å². The fourth-order valence-electron chi connectivity index (χ4n) is 3.44. The van der Waals surface area contributed by atoms with Gasteiger partial charge in [0.25, 0.3) is 0 Å². The molecule has 1 aliphatic rings. The molecule has 0 spiro atoms. The van der Waals surface area contributed by atoms with Gasteiger partial charge in [-0.3, -0.25) is 9.78 Å². The number of carbonyl (C=O) groups excluding carboxylic acids is 1. The lowest BCUT2D eigenvalue weighted by Gasteiger charge is -2.26. The van der Waals surface area contributed by atoms with Crippen molar-refractivity contribution in [3.05, 3.63) is 51.5 Å². The molecule has 2 N–H and O–H groups in total. The second-order valence-corrected chi connectivity index (χ2v) is 7.73. The molecule has 2 aromatic heterocycles. The summed E-state index contributed by atoms with van der Waals surface area (Å²) in [5, 5.41) is 1.99. The lowest BCUT2D eigenvalue weighted by atomic mass is 9.96. The van der Waals surface area contributed by atoms with Crippen molar-refractivity contribution in [3.63, 3.8) is 0 Å². The first-order valence-corrected chi connectivity index (χ1v) is 9.42. The molecule has 1 aliphatic heterocycles.